The van der Waals surface area contributed by atoms with Gasteiger partial charge in [0, 0.05) is 15.6 Å². The Hall–Kier alpha value is -1.52. The molecule has 0 aliphatic rings. The fourth-order valence-corrected chi connectivity index (χ4v) is 3.56. The summed E-state index contributed by atoms with van der Waals surface area (Å²) < 4.78 is 6.91. The maximum Gasteiger partial charge on any atom is 0.327 e. The molecule has 1 unspecified atom stereocenters. The van der Waals surface area contributed by atoms with E-state index in [-0.39, 0.29) is 24.3 Å². The van der Waals surface area contributed by atoms with Gasteiger partial charge in [-0.25, -0.2) is 0 Å². The Bertz CT molecular complexity index is 764. The van der Waals surface area contributed by atoms with Crippen LogP contribution in [-0.2, 0) is 16.1 Å². The van der Waals surface area contributed by atoms with Crippen molar-refractivity contribution in [2.45, 2.75) is 59.4 Å². The number of carbonyl (C=O) groups excluding carboxylic acids is 1. The number of rotatable bonds is 7. The Kier molecular flexibility index (Phi) is 7.13. The van der Waals surface area contributed by atoms with E-state index in [2.05, 4.69) is 27.7 Å². The second-order valence-electron chi connectivity index (χ2n) is 6.73. The van der Waals surface area contributed by atoms with E-state index in [1.165, 1.54) is 0 Å². The van der Waals surface area contributed by atoms with E-state index >= 15 is 0 Å². The topological polar surface area (TPSA) is 44.1 Å². The second-order valence-corrected chi connectivity index (χ2v) is 7.60. The molecule has 142 valence electrons. The van der Waals surface area contributed by atoms with Crippen LogP contribution in [0.15, 0.2) is 18.2 Å². The summed E-state index contributed by atoms with van der Waals surface area (Å²) in [5, 5.41) is 5.92. The molecule has 26 heavy (non-hydrogen) atoms. The van der Waals surface area contributed by atoms with Gasteiger partial charge in [-0.2, -0.15) is 5.10 Å². The molecule has 4 nitrogen and oxygen atoms in total. The summed E-state index contributed by atoms with van der Waals surface area (Å²) in [5.41, 5.74) is 3.89. The lowest BCUT2D eigenvalue weighted by atomic mass is 9.91. The van der Waals surface area contributed by atoms with Crippen molar-refractivity contribution in [1.29, 1.82) is 0 Å². The number of benzene rings is 1. The molecule has 1 aromatic heterocycles. The number of carbonyl (C=O) groups is 1. The maximum absolute atomic E-state index is 12.1. The smallest absolute Gasteiger partial charge is 0.327 e. The Balaban J connectivity index is 2.70. The molecule has 2 aromatic rings. The van der Waals surface area contributed by atoms with Crippen LogP contribution in [0.3, 0.4) is 0 Å². The molecule has 0 amide bonds. The number of ether oxygens (including phenoxy) is 1. The van der Waals surface area contributed by atoms with E-state index in [1.54, 1.807) is 17.7 Å². The first-order valence-corrected chi connectivity index (χ1v) is 9.76. The summed E-state index contributed by atoms with van der Waals surface area (Å²) in [5.74, 6) is 0.122. The van der Waals surface area contributed by atoms with Crippen molar-refractivity contribution < 1.29 is 9.53 Å². The summed E-state index contributed by atoms with van der Waals surface area (Å²) in [6, 6.07) is 5.52. The summed E-state index contributed by atoms with van der Waals surface area (Å²) in [7, 11) is 0. The third-order valence-electron chi connectivity index (χ3n) is 4.38. The van der Waals surface area contributed by atoms with Crippen molar-refractivity contribution in [1.82, 2.24) is 9.78 Å². The van der Waals surface area contributed by atoms with Gasteiger partial charge in [-0.1, -0.05) is 50.9 Å². The number of hydrogen-bond acceptors (Lipinski definition) is 3. The fourth-order valence-electron chi connectivity index (χ4n) is 3.04. The lowest BCUT2D eigenvalue weighted by molar-refractivity contribution is -0.144. The number of halogens is 2. The number of aromatic nitrogens is 2. The highest BCUT2D eigenvalue weighted by Crippen LogP contribution is 2.39. The van der Waals surface area contributed by atoms with Crippen LogP contribution in [0.5, 0.6) is 0 Å². The van der Waals surface area contributed by atoms with Gasteiger partial charge < -0.3 is 4.74 Å². The van der Waals surface area contributed by atoms with Gasteiger partial charge >= 0.3 is 5.97 Å². The molecule has 0 fully saturated rings. The van der Waals surface area contributed by atoms with Gasteiger partial charge in [0.1, 0.15) is 6.54 Å². The van der Waals surface area contributed by atoms with Crippen LogP contribution in [0, 0.1) is 0 Å². The van der Waals surface area contributed by atoms with Crippen LogP contribution in [-0.4, -0.2) is 22.4 Å². The van der Waals surface area contributed by atoms with E-state index in [1.807, 2.05) is 12.1 Å². The monoisotopic (exact) mass is 396 g/mol. The van der Waals surface area contributed by atoms with E-state index in [0.717, 1.165) is 28.9 Å². The summed E-state index contributed by atoms with van der Waals surface area (Å²) >= 11 is 12.5. The van der Waals surface area contributed by atoms with E-state index < -0.39 is 0 Å². The first kappa shape index (κ1) is 20.8. The Morgan fingerprint density at radius 1 is 1.15 bits per heavy atom. The SMILES string of the molecule is CCOC(=O)Cn1nc(C(C)C)c(-c2cc(Cl)cc(Cl)c2)c1C(C)CC. The van der Waals surface area contributed by atoms with Crippen molar-refractivity contribution in [3.63, 3.8) is 0 Å². The quantitative estimate of drug-likeness (QED) is 0.534. The van der Waals surface area contributed by atoms with Gasteiger partial charge in [0.2, 0.25) is 0 Å². The third-order valence-corrected chi connectivity index (χ3v) is 4.82. The van der Waals surface area contributed by atoms with Crippen LogP contribution in [0.4, 0.5) is 0 Å². The molecule has 0 spiro atoms. The van der Waals surface area contributed by atoms with Crippen molar-refractivity contribution >= 4 is 29.2 Å². The zero-order valence-corrected chi connectivity index (χ0v) is 17.5. The van der Waals surface area contributed by atoms with E-state index in [0.29, 0.717) is 16.7 Å². The largest absolute Gasteiger partial charge is 0.465 e. The number of esters is 1. The lowest BCUT2D eigenvalue weighted by Crippen LogP contribution is -2.17. The summed E-state index contributed by atoms with van der Waals surface area (Å²) in [4.78, 5) is 12.1. The van der Waals surface area contributed by atoms with Crippen LogP contribution >= 0.6 is 23.2 Å². The van der Waals surface area contributed by atoms with Gasteiger partial charge in [0.05, 0.1) is 18.0 Å². The highest BCUT2D eigenvalue weighted by Gasteiger charge is 2.26. The zero-order chi connectivity index (χ0) is 19.4. The van der Waals surface area contributed by atoms with Gasteiger partial charge in [-0.15, -0.1) is 0 Å². The zero-order valence-electron chi connectivity index (χ0n) is 16.0. The van der Waals surface area contributed by atoms with E-state index in [4.69, 9.17) is 33.0 Å². The minimum absolute atomic E-state index is 0.0987. The average Bonchev–Trinajstić information content (AvgIpc) is 2.92. The molecular formula is C20H26Cl2N2O2. The highest BCUT2D eigenvalue weighted by molar-refractivity contribution is 6.35. The van der Waals surface area contributed by atoms with Crippen molar-refractivity contribution in [3.8, 4) is 11.1 Å². The van der Waals surface area contributed by atoms with Gasteiger partial charge in [-0.05, 0) is 48.9 Å². The third kappa shape index (κ3) is 4.60. The molecule has 0 N–H and O–H groups in total. The van der Waals surface area contributed by atoms with Gasteiger partial charge in [0.25, 0.3) is 0 Å². The van der Waals surface area contributed by atoms with Crippen molar-refractivity contribution in [2.24, 2.45) is 0 Å². The molecule has 0 aliphatic heterocycles. The van der Waals surface area contributed by atoms with Gasteiger partial charge in [-0.3, -0.25) is 9.48 Å². The lowest BCUT2D eigenvalue weighted by Gasteiger charge is -2.16. The minimum Gasteiger partial charge on any atom is -0.465 e. The van der Waals surface area contributed by atoms with Crippen LogP contribution < -0.4 is 0 Å². The van der Waals surface area contributed by atoms with Crippen LogP contribution in [0.25, 0.3) is 11.1 Å². The van der Waals surface area contributed by atoms with E-state index in [9.17, 15) is 4.79 Å². The standard InChI is InChI=1S/C20H26Cl2N2O2/c1-6-13(5)20-18(14-8-15(21)10-16(22)9-14)19(12(3)4)23-24(20)11-17(25)26-7-2/h8-10,12-13H,6-7,11H2,1-5H3. The van der Waals surface area contributed by atoms with Crippen molar-refractivity contribution in [2.75, 3.05) is 6.61 Å². The number of nitrogens with zero attached hydrogens (tertiary/aromatic N) is 2. The van der Waals surface area contributed by atoms with Gasteiger partial charge in [0.15, 0.2) is 0 Å². The average molecular weight is 397 g/mol. The van der Waals surface area contributed by atoms with Crippen molar-refractivity contribution in [3.05, 3.63) is 39.6 Å². The fraction of sp³-hybridized carbons (Fsp3) is 0.500. The Labute approximate surface area is 165 Å². The molecule has 0 radical (unpaired) electrons. The Morgan fingerprint density at radius 2 is 1.77 bits per heavy atom. The predicted molar refractivity (Wildman–Crippen MR) is 107 cm³/mol. The molecule has 1 atom stereocenters. The van der Waals surface area contributed by atoms with Crippen LogP contribution in [0.1, 0.15) is 64.3 Å². The predicted octanol–water partition coefficient (Wildman–Crippen LogP) is 6.06. The molecule has 1 aromatic carbocycles. The summed E-state index contributed by atoms with van der Waals surface area (Å²) in [6.07, 6.45) is 0.924. The molecule has 1 heterocycles. The number of hydrogen-bond donors (Lipinski definition) is 0. The Morgan fingerprint density at radius 3 is 2.27 bits per heavy atom. The normalized spacial score (nSPS) is 12.5. The molecular weight excluding hydrogens is 371 g/mol. The highest BCUT2D eigenvalue weighted by atomic mass is 35.5. The summed E-state index contributed by atoms with van der Waals surface area (Å²) in [6.45, 7) is 10.7. The minimum atomic E-state index is -0.287. The molecule has 0 saturated heterocycles. The maximum atomic E-state index is 12.1. The molecule has 0 aliphatic carbocycles. The molecule has 0 bridgehead atoms. The first-order valence-electron chi connectivity index (χ1n) is 9.01. The molecule has 6 heteroatoms. The molecule has 0 saturated carbocycles. The molecule has 2 rings (SSSR count). The first-order chi connectivity index (χ1) is 12.3. The second kappa shape index (κ2) is 8.92. The van der Waals surface area contributed by atoms with Crippen LogP contribution in [0.2, 0.25) is 10.0 Å².